The highest BCUT2D eigenvalue weighted by Gasteiger charge is 2.44. The van der Waals surface area contributed by atoms with Crippen molar-refractivity contribution in [2.24, 2.45) is 17.8 Å². The Morgan fingerprint density at radius 1 is 1.23 bits per heavy atom. The standard InChI is InChI=1S/C11H19NO/c1-7-4-5-9-8(2)6-12(3)10(7)11(9)13/h7-10H,4-6H2,1-3H3/t7-,8-,9?,10?/m1/s1. The van der Waals surface area contributed by atoms with Crippen LogP contribution in [-0.4, -0.2) is 30.3 Å². The number of carbonyl (C=O) groups is 1. The molecule has 74 valence electrons. The predicted molar refractivity (Wildman–Crippen MR) is 52.5 cm³/mol. The van der Waals surface area contributed by atoms with E-state index >= 15 is 0 Å². The molecule has 1 heterocycles. The van der Waals surface area contributed by atoms with Crippen LogP contribution in [0.5, 0.6) is 0 Å². The summed E-state index contributed by atoms with van der Waals surface area (Å²) in [5.41, 5.74) is 0. The first kappa shape index (κ1) is 9.20. The van der Waals surface area contributed by atoms with Crippen LogP contribution in [0.1, 0.15) is 26.7 Å². The minimum absolute atomic E-state index is 0.231. The Balaban J connectivity index is 2.24. The summed E-state index contributed by atoms with van der Waals surface area (Å²) >= 11 is 0. The van der Waals surface area contributed by atoms with Crippen LogP contribution >= 0.6 is 0 Å². The van der Waals surface area contributed by atoms with Crippen molar-refractivity contribution in [3.63, 3.8) is 0 Å². The number of fused-ring (bicyclic) bond motifs is 2. The lowest BCUT2D eigenvalue weighted by Gasteiger charge is -2.46. The second-order valence-corrected chi connectivity index (χ2v) is 4.93. The van der Waals surface area contributed by atoms with Crippen molar-refractivity contribution in [1.82, 2.24) is 4.90 Å². The highest BCUT2D eigenvalue weighted by molar-refractivity contribution is 5.88. The Bertz CT molecular complexity index is 226. The second-order valence-electron chi connectivity index (χ2n) is 4.93. The van der Waals surface area contributed by atoms with Gasteiger partial charge in [0.2, 0.25) is 0 Å². The summed E-state index contributed by atoms with van der Waals surface area (Å²) in [4.78, 5) is 14.3. The van der Waals surface area contributed by atoms with Crippen LogP contribution in [-0.2, 0) is 4.79 Å². The molecule has 0 radical (unpaired) electrons. The van der Waals surface area contributed by atoms with E-state index < -0.39 is 0 Å². The van der Waals surface area contributed by atoms with Gasteiger partial charge in [-0.1, -0.05) is 13.8 Å². The Morgan fingerprint density at radius 3 is 2.62 bits per heavy atom. The van der Waals surface area contributed by atoms with Gasteiger partial charge in [0.05, 0.1) is 6.04 Å². The Labute approximate surface area is 80.3 Å². The molecule has 1 aliphatic carbocycles. The van der Waals surface area contributed by atoms with Gasteiger partial charge < -0.3 is 0 Å². The first-order valence-electron chi connectivity index (χ1n) is 5.35. The van der Waals surface area contributed by atoms with Crippen molar-refractivity contribution >= 4 is 5.78 Å². The fourth-order valence-electron chi connectivity index (χ4n) is 3.15. The summed E-state index contributed by atoms with van der Waals surface area (Å²) in [5.74, 6) is 2.03. The monoisotopic (exact) mass is 181 g/mol. The Kier molecular flexibility index (Phi) is 2.18. The number of ketones is 1. The highest BCUT2D eigenvalue weighted by atomic mass is 16.1. The summed E-state index contributed by atoms with van der Waals surface area (Å²) in [6.07, 6.45) is 2.36. The van der Waals surface area contributed by atoms with E-state index in [9.17, 15) is 4.79 Å². The molecule has 0 amide bonds. The first-order chi connectivity index (χ1) is 6.11. The third-order valence-electron chi connectivity index (χ3n) is 3.87. The van der Waals surface area contributed by atoms with Crippen molar-refractivity contribution in [1.29, 1.82) is 0 Å². The molecular formula is C11H19NO. The first-order valence-corrected chi connectivity index (χ1v) is 5.35. The van der Waals surface area contributed by atoms with Gasteiger partial charge in [-0.25, -0.2) is 0 Å². The van der Waals surface area contributed by atoms with E-state index in [1.807, 2.05) is 0 Å². The molecule has 1 aliphatic heterocycles. The van der Waals surface area contributed by atoms with E-state index in [0.29, 0.717) is 23.5 Å². The SMILES string of the molecule is C[C@@H]1CN(C)C2C(=O)C1CC[C@H]2C. The maximum Gasteiger partial charge on any atom is 0.153 e. The van der Waals surface area contributed by atoms with Crippen LogP contribution in [0.15, 0.2) is 0 Å². The van der Waals surface area contributed by atoms with Crippen molar-refractivity contribution < 1.29 is 4.79 Å². The number of likely N-dealkylation sites (tertiary alicyclic amines) is 1. The lowest BCUT2D eigenvalue weighted by Crippen LogP contribution is -2.56. The van der Waals surface area contributed by atoms with Crippen molar-refractivity contribution in [2.75, 3.05) is 13.6 Å². The normalized spacial score (nSPS) is 46.5. The van der Waals surface area contributed by atoms with Gasteiger partial charge in [-0.15, -0.1) is 0 Å². The highest BCUT2D eigenvalue weighted by Crippen LogP contribution is 2.37. The smallest absolute Gasteiger partial charge is 0.153 e. The number of hydrogen-bond acceptors (Lipinski definition) is 2. The van der Waals surface area contributed by atoms with Crippen LogP contribution in [0.4, 0.5) is 0 Å². The quantitative estimate of drug-likeness (QED) is 0.565. The molecule has 2 unspecified atom stereocenters. The molecule has 0 aromatic carbocycles. The third kappa shape index (κ3) is 1.32. The van der Waals surface area contributed by atoms with Gasteiger partial charge in [-0.2, -0.15) is 0 Å². The van der Waals surface area contributed by atoms with Gasteiger partial charge in [-0.3, -0.25) is 9.69 Å². The van der Waals surface area contributed by atoms with Gasteiger partial charge in [-0.05, 0) is 31.7 Å². The molecule has 0 N–H and O–H groups in total. The lowest BCUT2D eigenvalue weighted by atomic mass is 9.69. The average molecular weight is 181 g/mol. The van der Waals surface area contributed by atoms with Gasteiger partial charge in [0.1, 0.15) is 0 Å². The van der Waals surface area contributed by atoms with Crippen molar-refractivity contribution in [3.05, 3.63) is 0 Å². The third-order valence-corrected chi connectivity index (χ3v) is 3.87. The number of Topliss-reactive ketones (excluding diaryl/α,β-unsaturated/α-hetero) is 1. The number of nitrogens with zero attached hydrogens (tertiary/aromatic N) is 1. The topological polar surface area (TPSA) is 20.3 Å². The van der Waals surface area contributed by atoms with Gasteiger partial charge in [0.25, 0.3) is 0 Å². The zero-order chi connectivity index (χ0) is 9.59. The molecule has 1 saturated carbocycles. The molecule has 4 atom stereocenters. The number of likely N-dealkylation sites (N-methyl/N-ethyl adjacent to an activating group) is 1. The minimum Gasteiger partial charge on any atom is -0.298 e. The van der Waals surface area contributed by atoms with Crippen molar-refractivity contribution in [3.8, 4) is 0 Å². The van der Waals surface area contributed by atoms with E-state index in [1.165, 1.54) is 6.42 Å². The Morgan fingerprint density at radius 2 is 1.92 bits per heavy atom. The molecule has 13 heavy (non-hydrogen) atoms. The zero-order valence-electron chi connectivity index (χ0n) is 8.79. The molecular weight excluding hydrogens is 162 g/mol. The maximum atomic E-state index is 12.0. The molecule has 2 fully saturated rings. The number of piperidine rings is 1. The van der Waals surface area contributed by atoms with Crippen molar-refractivity contribution in [2.45, 2.75) is 32.7 Å². The number of hydrogen-bond donors (Lipinski definition) is 0. The molecule has 2 aliphatic rings. The van der Waals surface area contributed by atoms with Gasteiger partial charge >= 0.3 is 0 Å². The summed E-state index contributed by atoms with van der Waals surface area (Å²) in [7, 11) is 2.09. The predicted octanol–water partition coefficient (Wildman–Crippen LogP) is 1.55. The number of rotatable bonds is 0. The molecule has 0 aromatic rings. The van der Waals surface area contributed by atoms with Crippen LogP contribution < -0.4 is 0 Å². The van der Waals surface area contributed by atoms with Crippen LogP contribution in [0.3, 0.4) is 0 Å². The average Bonchev–Trinajstić information content (AvgIpc) is 2.01. The molecule has 0 aromatic heterocycles. The van der Waals surface area contributed by atoms with E-state index in [2.05, 4.69) is 25.8 Å². The van der Waals surface area contributed by atoms with Gasteiger partial charge in [0.15, 0.2) is 5.78 Å². The van der Waals surface area contributed by atoms with E-state index in [1.54, 1.807) is 0 Å². The van der Waals surface area contributed by atoms with E-state index in [-0.39, 0.29) is 6.04 Å². The molecule has 2 rings (SSSR count). The summed E-state index contributed by atoms with van der Waals surface area (Å²) in [6.45, 7) is 5.53. The van der Waals surface area contributed by atoms with Crippen LogP contribution in [0.2, 0.25) is 0 Å². The van der Waals surface area contributed by atoms with E-state index in [4.69, 9.17) is 0 Å². The zero-order valence-corrected chi connectivity index (χ0v) is 8.79. The molecule has 2 heteroatoms. The summed E-state index contributed by atoms with van der Waals surface area (Å²) < 4.78 is 0. The fourth-order valence-corrected chi connectivity index (χ4v) is 3.15. The molecule has 0 spiro atoms. The Hall–Kier alpha value is -0.370. The van der Waals surface area contributed by atoms with Crippen LogP contribution in [0.25, 0.3) is 0 Å². The fraction of sp³-hybridized carbons (Fsp3) is 0.909. The molecule has 2 bridgehead atoms. The van der Waals surface area contributed by atoms with Crippen LogP contribution in [0, 0.1) is 17.8 Å². The number of carbonyl (C=O) groups excluding carboxylic acids is 1. The molecule has 2 nitrogen and oxygen atoms in total. The second kappa shape index (κ2) is 3.09. The summed E-state index contributed by atoms with van der Waals surface area (Å²) in [6, 6.07) is 0.231. The molecule has 1 saturated heterocycles. The maximum absolute atomic E-state index is 12.0. The lowest BCUT2D eigenvalue weighted by molar-refractivity contribution is -0.140. The minimum atomic E-state index is 0.231. The van der Waals surface area contributed by atoms with E-state index in [0.717, 1.165) is 13.0 Å². The summed E-state index contributed by atoms with van der Waals surface area (Å²) in [5, 5.41) is 0. The largest absolute Gasteiger partial charge is 0.298 e. The van der Waals surface area contributed by atoms with Gasteiger partial charge in [0, 0.05) is 12.5 Å².